The van der Waals surface area contributed by atoms with E-state index in [0.29, 0.717) is 29.4 Å². The molecule has 1 fully saturated rings. The Labute approximate surface area is 175 Å². The third kappa shape index (κ3) is 5.93. The number of rotatable bonds is 7. The summed E-state index contributed by atoms with van der Waals surface area (Å²) in [5.74, 6) is 1.59. The molecule has 1 aliphatic carbocycles. The van der Waals surface area contributed by atoms with E-state index in [1.807, 2.05) is 12.1 Å². The molecule has 1 aliphatic rings. The van der Waals surface area contributed by atoms with Crippen LogP contribution in [0.1, 0.15) is 44.4 Å². The fraction of sp³-hybridized carbons (Fsp3) is 0.409. The number of nitrogens with zero attached hydrogens (tertiary/aromatic N) is 4. The first-order chi connectivity index (χ1) is 14.6. The van der Waals surface area contributed by atoms with E-state index in [4.69, 9.17) is 14.4 Å². The highest BCUT2D eigenvalue weighted by Crippen LogP contribution is 2.22. The molecule has 0 bridgehead atoms. The second kappa shape index (κ2) is 10.6. The van der Waals surface area contributed by atoms with Gasteiger partial charge in [0.15, 0.2) is 0 Å². The lowest BCUT2D eigenvalue weighted by atomic mass is 9.93. The lowest BCUT2D eigenvalue weighted by Crippen LogP contribution is -2.34. The average molecular weight is 409 g/mol. The number of hydrogen-bond acceptors (Lipinski definition) is 7. The number of hydrogen-bond donors (Lipinski definition) is 2. The zero-order valence-electron chi connectivity index (χ0n) is 17.3. The molecular weight excluding hydrogens is 382 g/mol. The third-order valence-electron chi connectivity index (χ3n) is 4.88. The zero-order chi connectivity index (χ0) is 21.3. The van der Waals surface area contributed by atoms with Gasteiger partial charge >= 0.3 is 0 Å². The molecule has 1 aromatic carbocycles. The second-order valence-electron chi connectivity index (χ2n) is 7.73. The predicted molar refractivity (Wildman–Crippen MR) is 112 cm³/mol. The molecule has 0 spiro atoms. The Hall–Kier alpha value is -3.13. The van der Waals surface area contributed by atoms with Crippen molar-refractivity contribution in [2.75, 3.05) is 0 Å². The summed E-state index contributed by atoms with van der Waals surface area (Å²) in [5, 5.41) is 14.4. The van der Waals surface area contributed by atoms with Gasteiger partial charge in [-0.3, -0.25) is 9.78 Å². The van der Waals surface area contributed by atoms with E-state index in [1.165, 1.54) is 24.8 Å². The van der Waals surface area contributed by atoms with Gasteiger partial charge in [0.2, 0.25) is 5.82 Å². The van der Waals surface area contributed by atoms with Gasteiger partial charge in [-0.25, -0.2) is 4.98 Å². The van der Waals surface area contributed by atoms with E-state index < -0.39 is 0 Å². The Balaban J connectivity index is 0.000000806. The van der Waals surface area contributed by atoms with Crippen LogP contribution in [-0.2, 0) is 17.8 Å². The molecule has 0 atom stereocenters. The fourth-order valence-electron chi connectivity index (χ4n) is 3.12. The molecule has 2 heterocycles. The maximum atomic E-state index is 8.36. The van der Waals surface area contributed by atoms with Crippen LogP contribution in [0.25, 0.3) is 23.0 Å². The summed E-state index contributed by atoms with van der Waals surface area (Å²) in [6.07, 6.45) is 8.39. The van der Waals surface area contributed by atoms with E-state index in [2.05, 4.69) is 51.4 Å². The van der Waals surface area contributed by atoms with Gasteiger partial charge in [0.05, 0.1) is 18.1 Å². The maximum absolute atomic E-state index is 8.36. The van der Waals surface area contributed by atoms with Gasteiger partial charge in [0, 0.05) is 18.2 Å². The number of nitrogens with one attached hydrogen (secondary N) is 1. The number of carboxylic acid groups (broad SMARTS) is 1. The standard InChI is InChI=1S/C21H25N5O.CH2O2/c1-14(2)10-15-6-8-16(9-7-15)21-25-20(26-27-21)19-13-23-18(12-24-19)11-22-17-4-3-5-17;2-1-3/h6-9,12-14,17,22H,3-5,10-11H2,1-2H3;1H,(H,2,3). The minimum Gasteiger partial charge on any atom is -0.483 e. The predicted octanol–water partition coefficient (Wildman–Crippen LogP) is 3.74. The van der Waals surface area contributed by atoms with Gasteiger partial charge < -0.3 is 14.9 Å². The van der Waals surface area contributed by atoms with Gasteiger partial charge in [0.25, 0.3) is 12.4 Å². The molecule has 30 heavy (non-hydrogen) atoms. The highest BCUT2D eigenvalue weighted by Gasteiger charge is 2.17. The van der Waals surface area contributed by atoms with Crippen LogP contribution in [0.3, 0.4) is 0 Å². The molecule has 158 valence electrons. The Morgan fingerprint density at radius 1 is 1.20 bits per heavy atom. The summed E-state index contributed by atoms with van der Waals surface area (Å²) in [4.78, 5) is 21.7. The van der Waals surface area contributed by atoms with Crippen LogP contribution in [0.4, 0.5) is 0 Å². The number of benzene rings is 1. The van der Waals surface area contributed by atoms with Crippen molar-refractivity contribution in [2.45, 2.75) is 52.1 Å². The minimum atomic E-state index is -0.250. The van der Waals surface area contributed by atoms with Crippen LogP contribution in [-0.4, -0.2) is 37.7 Å². The molecule has 2 N–H and O–H groups in total. The summed E-state index contributed by atoms with van der Waals surface area (Å²) < 4.78 is 5.42. The fourth-order valence-corrected chi connectivity index (χ4v) is 3.12. The summed E-state index contributed by atoms with van der Waals surface area (Å²) in [6.45, 7) is 4.93. The van der Waals surface area contributed by atoms with Crippen molar-refractivity contribution in [3.63, 3.8) is 0 Å². The van der Waals surface area contributed by atoms with Crippen LogP contribution in [0.5, 0.6) is 0 Å². The van der Waals surface area contributed by atoms with Crippen LogP contribution in [0.15, 0.2) is 41.2 Å². The largest absolute Gasteiger partial charge is 0.483 e. The van der Waals surface area contributed by atoms with Crippen molar-refractivity contribution in [1.82, 2.24) is 25.4 Å². The molecule has 3 aromatic rings. The van der Waals surface area contributed by atoms with Gasteiger partial charge in [-0.05, 0) is 42.9 Å². The van der Waals surface area contributed by atoms with Gasteiger partial charge in [-0.15, -0.1) is 0 Å². The first-order valence-electron chi connectivity index (χ1n) is 10.1. The molecule has 0 amide bonds. The molecule has 0 unspecified atom stereocenters. The zero-order valence-corrected chi connectivity index (χ0v) is 17.3. The number of aromatic nitrogens is 4. The summed E-state index contributed by atoms with van der Waals surface area (Å²) >= 11 is 0. The van der Waals surface area contributed by atoms with E-state index in [9.17, 15) is 0 Å². The molecule has 4 rings (SSSR count). The van der Waals surface area contributed by atoms with Crippen LogP contribution < -0.4 is 5.32 Å². The molecule has 0 aliphatic heterocycles. The average Bonchev–Trinajstić information content (AvgIpc) is 3.18. The van der Waals surface area contributed by atoms with Gasteiger partial charge in [-0.1, -0.05) is 37.6 Å². The van der Waals surface area contributed by atoms with Crippen molar-refractivity contribution in [3.05, 3.63) is 47.9 Å². The minimum absolute atomic E-state index is 0.250. The quantitative estimate of drug-likeness (QED) is 0.567. The lowest BCUT2D eigenvalue weighted by Gasteiger charge is -2.26. The Kier molecular flexibility index (Phi) is 7.62. The van der Waals surface area contributed by atoms with Crippen LogP contribution in [0, 0.1) is 5.92 Å². The van der Waals surface area contributed by atoms with Crippen molar-refractivity contribution >= 4 is 6.47 Å². The first kappa shape index (κ1) is 21.6. The molecule has 0 saturated heterocycles. The molecular formula is C22H27N5O3. The van der Waals surface area contributed by atoms with E-state index in [-0.39, 0.29) is 6.47 Å². The van der Waals surface area contributed by atoms with E-state index in [1.54, 1.807) is 12.4 Å². The van der Waals surface area contributed by atoms with E-state index >= 15 is 0 Å². The Morgan fingerprint density at radius 3 is 2.50 bits per heavy atom. The summed E-state index contributed by atoms with van der Waals surface area (Å²) in [5.41, 5.74) is 3.77. The van der Waals surface area contributed by atoms with Crippen LogP contribution in [0.2, 0.25) is 0 Å². The highest BCUT2D eigenvalue weighted by molar-refractivity contribution is 5.57. The molecule has 2 aromatic heterocycles. The van der Waals surface area contributed by atoms with Gasteiger partial charge in [0.1, 0.15) is 5.69 Å². The van der Waals surface area contributed by atoms with Crippen molar-refractivity contribution < 1.29 is 14.4 Å². The Morgan fingerprint density at radius 2 is 1.93 bits per heavy atom. The van der Waals surface area contributed by atoms with Crippen molar-refractivity contribution in [1.29, 1.82) is 0 Å². The number of carbonyl (C=O) groups is 1. The lowest BCUT2D eigenvalue weighted by molar-refractivity contribution is -0.122. The van der Waals surface area contributed by atoms with E-state index in [0.717, 1.165) is 24.2 Å². The molecule has 0 radical (unpaired) electrons. The smallest absolute Gasteiger partial charge is 0.290 e. The monoisotopic (exact) mass is 409 g/mol. The topological polar surface area (TPSA) is 114 Å². The van der Waals surface area contributed by atoms with Crippen molar-refractivity contribution in [3.8, 4) is 23.0 Å². The van der Waals surface area contributed by atoms with Crippen LogP contribution >= 0.6 is 0 Å². The SMILES string of the molecule is CC(C)Cc1ccc(-c2nc(-c3cnc(CNC4CCC4)cn3)no2)cc1.O=CO. The highest BCUT2D eigenvalue weighted by atomic mass is 16.5. The molecule has 8 nitrogen and oxygen atoms in total. The normalized spacial score (nSPS) is 13.4. The molecule has 8 heteroatoms. The first-order valence-corrected chi connectivity index (χ1v) is 10.1. The third-order valence-corrected chi connectivity index (χ3v) is 4.88. The summed E-state index contributed by atoms with van der Waals surface area (Å²) in [6, 6.07) is 8.91. The summed E-state index contributed by atoms with van der Waals surface area (Å²) in [7, 11) is 0. The Bertz CT molecular complexity index is 919. The molecule has 1 saturated carbocycles. The van der Waals surface area contributed by atoms with Gasteiger partial charge in [-0.2, -0.15) is 4.98 Å². The maximum Gasteiger partial charge on any atom is 0.290 e. The van der Waals surface area contributed by atoms with Crippen molar-refractivity contribution in [2.24, 2.45) is 5.92 Å². The second-order valence-corrected chi connectivity index (χ2v) is 7.73.